The van der Waals surface area contributed by atoms with Crippen LogP contribution in [-0.4, -0.2) is 38.3 Å². The van der Waals surface area contributed by atoms with E-state index in [1.54, 1.807) is 7.11 Å². The van der Waals surface area contributed by atoms with E-state index in [-0.39, 0.29) is 0 Å². The van der Waals surface area contributed by atoms with E-state index in [4.69, 9.17) is 4.74 Å². The van der Waals surface area contributed by atoms with E-state index < -0.39 is 0 Å². The Labute approximate surface area is 96.0 Å². The van der Waals surface area contributed by atoms with Gasteiger partial charge in [0, 0.05) is 19.7 Å². The Morgan fingerprint density at radius 3 is 2.07 bits per heavy atom. The van der Waals surface area contributed by atoms with E-state index in [1.807, 2.05) is 27.7 Å². The summed E-state index contributed by atoms with van der Waals surface area (Å²) in [5.41, 5.74) is 0.734. The van der Waals surface area contributed by atoms with Gasteiger partial charge in [0.15, 0.2) is 0 Å². The number of methoxy groups -OCH3 is 1. The summed E-state index contributed by atoms with van der Waals surface area (Å²) in [6, 6.07) is 0.697. The molecule has 0 amide bonds. The summed E-state index contributed by atoms with van der Waals surface area (Å²) in [4.78, 5) is 2.45. The third-order valence-corrected chi connectivity index (χ3v) is 3.19. The van der Waals surface area contributed by atoms with Crippen molar-refractivity contribution in [1.29, 1.82) is 0 Å². The summed E-state index contributed by atoms with van der Waals surface area (Å²) in [5.74, 6) is 0. The predicted molar refractivity (Wildman–Crippen MR) is 67.3 cm³/mol. The van der Waals surface area contributed by atoms with Crippen molar-refractivity contribution in [3.8, 4) is 0 Å². The lowest BCUT2D eigenvalue weighted by molar-refractivity contribution is 0.129. The minimum Gasteiger partial charge on any atom is -0.383 e. The first-order valence-corrected chi connectivity index (χ1v) is 6.45. The maximum absolute atomic E-state index is 5.18. The second kappa shape index (κ2) is 7.24. The van der Waals surface area contributed by atoms with Crippen molar-refractivity contribution in [2.75, 3.05) is 27.3 Å². The minimum absolute atomic E-state index is 0.697. The van der Waals surface area contributed by atoms with Gasteiger partial charge in [-0.2, -0.15) is 0 Å². The van der Waals surface area contributed by atoms with Gasteiger partial charge >= 0.3 is 0 Å². The van der Waals surface area contributed by atoms with Gasteiger partial charge in [-0.05, 0) is 31.7 Å². The molecule has 1 unspecified atom stereocenters. The molecular formula is C13H29NO. The Morgan fingerprint density at radius 1 is 1.20 bits per heavy atom. The molecule has 1 aliphatic carbocycles. The van der Waals surface area contributed by atoms with Gasteiger partial charge < -0.3 is 9.64 Å². The molecule has 2 heteroatoms. The van der Waals surface area contributed by atoms with Crippen molar-refractivity contribution in [3.05, 3.63) is 0 Å². The summed E-state index contributed by atoms with van der Waals surface area (Å²) in [5, 5.41) is 0. The molecule has 92 valence electrons. The van der Waals surface area contributed by atoms with Gasteiger partial charge in [-0.15, -0.1) is 0 Å². The monoisotopic (exact) mass is 215 g/mol. The molecule has 1 saturated carbocycles. The standard InChI is InChI=1S/C9H17NO.2C2H6/c1-10-7-9(3-4-9)5-8(10)6-11-2;2*1-2/h8H,3-7H2,1-2H3;2*1-2H3. The molecule has 2 fully saturated rings. The summed E-state index contributed by atoms with van der Waals surface area (Å²) < 4.78 is 5.18. The first-order valence-electron chi connectivity index (χ1n) is 6.45. The molecule has 1 saturated heterocycles. The molecular weight excluding hydrogens is 186 g/mol. The van der Waals surface area contributed by atoms with E-state index in [2.05, 4.69) is 11.9 Å². The van der Waals surface area contributed by atoms with Gasteiger partial charge in [0.1, 0.15) is 0 Å². The fourth-order valence-electron chi connectivity index (χ4n) is 2.30. The Hall–Kier alpha value is -0.0800. The van der Waals surface area contributed by atoms with Crippen LogP contribution < -0.4 is 0 Å². The largest absolute Gasteiger partial charge is 0.383 e. The maximum Gasteiger partial charge on any atom is 0.0618 e. The van der Waals surface area contributed by atoms with Crippen LogP contribution in [0.3, 0.4) is 0 Å². The molecule has 0 aromatic rings. The molecule has 0 aromatic carbocycles. The van der Waals surface area contributed by atoms with Crippen LogP contribution in [0.2, 0.25) is 0 Å². The Kier molecular flexibility index (Phi) is 7.20. The minimum atomic E-state index is 0.697. The van der Waals surface area contributed by atoms with Crippen LogP contribution in [0.5, 0.6) is 0 Å². The molecule has 0 radical (unpaired) electrons. The SMILES string of the molecule is CC.CC.COCC1CC2(CC2)CN1C. The lowest BCUT2D eigenvalue weighted by Gasteiger charge is -2.17. The van der Waals surface area contributed by atoms with Crippen molar-refractivity contribution in [2.24, 2.45) is 5.41 Å². The Morgan fingerprint density at radius 2 is 1.73 bits per heavy atom. The number of hydrogen-bond acceptors (Lipinski definition) is 2. The van der Waals surface area contributed by atoms with E-state index in [1.165, 1.54) is 25.8 Å². The fourth-order valence-corrected chi connectivity index (χ4v) is 2.30. The van der Waals surface area contributed by atoms with Crippen LogP contribution in [0.4, 0.5) is 0 Å². The van der Waals surface area contributed by atoms with Gasteiger partial charge in [0.2, 0.25) is 0 Å². The zero-order valence-electron chi connectivity index (χ0n) is 11.5. The first-order chi connectivity index (χ1) is 7.26. The van der Waals surface area contributed by atoms with Crippen LogP contribution in [0.15, 0.2) is 0 Å². The number of nitrogens with zero attached hydrogens (tertiary/aromatic N) is 1. The highest BCUT2D eigenvalue weighted by atomic mass is 16.5. The second-order valence-corrected chi connectivity index (χ2v) is 4.23. The molecule has 2 nitrogen and oxygen atoms in total. The van der Waals surface area contributed by atoms with E-state index in [0.29, 0.717) is 6.04 Å². The van der Waals surface area contributed by atoms with E-state index in [9.17, 15) is 0 Å². The average Bonchev–Trinajstić information content (AvgIpc) is 2.95. The normalized spacial score (nSPS) is 26.4. The number of hydrogen-bond donors (Lipinski definition) is 0. The summed E-state index contributed by atoms with van der Waals surface area (Å²) in [7, 11) is 4.02. The van der Waals surface area contributed by atoms with E-state index in [0.717, 1.165) is 12.0 Å². The van der Waals surface area contributed by atoms with Crippen LogP contribution in [0.25, 0.3) is 0 Å². The highest BCUT2D eigenvalue weighted by molar-refractivity contribution is 5.03. The lowest BCUT2D eigenvalue weighted by atomic mass is 10.0. The lowest BCUT2D eigenvalue weighted by Crippen LogP contribution is -2.28. The molecule has 15 heavy (non-hydrogen) atoms. The van der Waals surface area contributed by atoms with Crippen molar-refractivity contribution in [1.82, 2.24) is 4.90 Å². The van der Waals surface area contributed by atoms with Crippen molar-refractivity contribution >= 4 is 0 Å². The molecule has 1 aliphatic heterocycles. The summed E-state index contributed by atoms with van der Waals surface area (Å²) in [6.07, 6.45) is 4.28. The molecule has 1 atom stereocenters. The maximum atomic E-state index is 5.18. The van der Waals surface area contributed by atoms with Crippen LogP contribution in [0, 0.1) is 5.41 Å². The average molecular weight is 215 g/mol. The zero-order valence-corrected chi connectivity index (χ0v) is 11.5. The van der Waals surface area contributed by atoms with Gasteiger partial charge in [-0.3, -0.25) is 0 Å². The highest BCUT2D eigenvalue weighted by Gasteiger charge is 2.50. The first kappa shape index (κ1) is 14.9. The molecule has 1 spiro atoms. The van der Waals surface area contributed by atoms with Crippen molar-refractivity contribution in [2.45, 2.75) is 53.0 Å². The Bertz CT molecular complexity index is 155. The summed E-state index contributed by atoms with van der Waals surface area (Å²) >= 11 is 0. The predicted octanol–water partition coefficient (Wildman–Crippen LogP) is 3.17. The third kappa shape index (κ3) is 4.12. The van der Waals surface area contributed by atoms with E-state index >= 15 is 0 Å². The second-order valence-electron chi connectivity index (χ2n) is 4.23. The number of rotatable bonds is 2. The van der Waals surface area contributed by atoms with Crippen LogP contribution in [-0.2, 0) is 4.74 Å². The molecule has 2 rings (SSSR count). The zero-order chi connectivity index (χ0) is 11.9. The number of ether oxygens (including phenoxy) is 1. The van der Waals surface area contributed by atoms with Crippen LogP contribution in [0.1, 0.15) is 47.0 Å². The molecule has 1 heterocycles. The third-order valence-electron chi connectivity index (χ3n) is 3.19. The van der Waals surface area contributed by atoms with Gasteiger partial charge in [0.25, 0.3) is 0 Å². The highest BCUT2D eigenvalue weighted by Crippen LogP contribution is 2.54. The van der Waals surface area contributed by atoms with Crippen molar-refractivity contribution < 1.29 is 4.74 Å². The Balaban J connectivity index is 0.000000442. The molecule has 2 aliphatic rings. The quantitative estimate of drug-likeness (QED) is 0.701. The van der Waals surface area contributed by atoms with Crippen molar-refractivity contribution in [3.63, 3.8) is 0 Å². The van der Waals surface area contributed by atoms with Crippen LogP contribution >= 0.6 is 0 Å². The van der Waals surface area contributed by atoms with Gasteiger partial charge in [-0.1, -0.05) is 27.7 Å². The summed E-state index contributed by atoms with van der Waals surface area (Å²) in [6.45, 7) is 10.2. The smallest absolute Gasteiger partial charge is 0.0618 e. The van der Waals surface area contributed by atoms with Gasteiger partial charge in [0.05, 0.1) is 6.61 Å². The number of likely N-dealkylation sites (tertiary alicyclic amines) is 1. The molecule has 0 N–H and O–H groups in total. The fraction of sp³-hybridized carbons (Fsp3) is 1.00. The van der Waals surface area contributed by atoms with Gasteiger partial charge in [-0.25, -0.2) is 0 Å². The number of likely N-dealkylation sites (N-methyl/N-ethyl adjacent to an activating group) is 1. The topological polar surface area (TPSA) is 12.5 Å². The molecule has 0 aromatic heterocycles. The molecule has 0 bridgehead atoms.